The molecular formula is C6H6N2OS2. The Morgan fingerprint density at radius 3 is 3.00 bits per heavy atom. The van der Waals surface area contributed by atoms with Gasteiger partial charge in [0, 0.05) is 5.75 Å². The molecule has 0 bridgehead atoms. The summed E-state index contributed by atoms with van der Waals surface area (Å²) in [5.74, 6) is 1.58. The first-order chi connectivity index (χ1) is 5.27. The van der Waals surface area contributed by atoms with Gasteiger partial charge in [-0.2, -0.15) is 0 Å². The van der Waals surface area contributed by atoms with Gasteiger partial charge in [0.2, 0.25) is 0 Å². The molecule has 0 aliphatic carbocycles. The first-order valence-electron chi connectivity index (χ1n) is 3.13. The van der Waals surface area contributed by atoms with Crippen LogP contribution in [-0.4, -0.2) is 16.5 Å². The molecule has 0 unspecified atom stereocenters. The Balaban J connectivity index is 2.52. The number of anilines is 1. The SMILES string of the molecule is Nc1nc2c(s1)C(=O)CSC2. The van der Waals surface area contributed by atoms with E-state index in [4.69, 9.17) is 5.73 Å². The van der Waals surface area contributed by atoms with Crippen LogP contribution in [0.3, 0.4) is 0 Å². The molecule has 0 saturated carbocycles. The third-order valence-electron chi connectivity index (χ3n) is 1.44. The van der Waals surface area contributed by atoms with Crippen molar-refractivity contribution in [1.29, 1.82) is 0 Å². The summed E-state index contributed by atoms with van der Waals surface area (Å²) in [5, 5.41) is 0.505. The molecule has 0 amide bonds. The van der Waals surface area contributed by atoms with Crippen LogP contribution in [0.25, 0.3) is 0 Å². The van der Waals surface area contributed by atoms with Crippen LogP contribution >= 0.6 is 23.1 Å². The lowest BCUT2D eigenvalue weighted by atomic mass is 10.3. The van der Waals surface area contributed by atoms with E-state index in [1.807, 2.05) is 0 Å². The monoisotopic (exact) mass is 186 g/mol. The molecule has 2 heterocycles. The lowest BCUT2D eigenvalue weighted by Gasteiger charge is -2.05. The minimum atomic E-state index is 0.172. The standard InChI is InChI=1S/C6H6N2OS2/c7-6-8-3-1-10-2-4(9)5(3)11-6/h1-2H2,(H2,7,8). The maximum Gasteiger partial charge on any atom is 0.184 e. The van der Waals surface area contributed by atoms with E-state index < -0.39 is 0 Å². The fraction of sp³-hybridized carbons (Fsp3) is 0.333. The number of nitrogens with two attached hydrogens (primary N) is 1. The highest BCUT2D eigenvalue weighted by atomic mass is 32.2. The molecule has 2 rings (SSSR count). The van der Waals surface area contributed by atoms with E-state index in [1.165, 1.54) is 11.3 Å². The number of nitrogen functional groups attached to an aromatic ring is 1. The Bertz CT molecular complexity index is 308. The van der Waals surface area contributed by atoms with Gasteiger partial charge in [0.1, 0.15) is 0 Å². The second-order valence-electron chi connectivity index (χ2n) is 2.24. The zero-order valence-electron chi connectivity index (χ0n) is 5.66. The number of carbonyl (C=O) groups is 1. The van der Waals surface area contributed by atoms with Crippen molar-refractivity contribution >= 4 is 34.0 Å². The normalized spacial score (nSPS) is 16.5. The smallest absolute Gasteiger partial charge is 0.184 e. The van der Waals surface area contributed by atoms with Crippen molar-refractivity contribution in [3.63, 3.8) is 0 Å². The molecule has 0 spiro atoms. The minimum absolute atomic E-state index is 0.172. The van der Waals surface area contributed by atoms with E-state index in [-0.39, 0.29) is 5.78 Å². The van der Waals surface area contributed by atoms with Crippen LogP contribution in [-0.2, 0) is 5.75 Å². The van der Waals surface area contributed by atoms with E-state index >= 15 is 0 Å². The molecule has 0 atom stereocenters. The van der Waals surface area contributed by atoms with Crippen LogP contribution in [0.1, 0.15) is 15.4 Å². The summed E-state index contributed by atoms with van der Waals surface area (Å²) >= 11 is 2.90. The van der Waals surface area contributed by atoms with Crippen LogP contribution in [0.5, 0.6) is 0 Å². The van der Waals surface area contributed by atoms with E-state index in [0.717, 1.165) is 16.3 Å². The molecule has 3 nitrogen and oxygen atoms in total. The highest BCUT2D eigenvalue weighted by Crippen LogP contribution is 2.29. The van der Waals surface area contributed by atoms with Gasteiger partial charge < -0.3 is 5.73 Å². The van der Waals surface area contributed by atoms with Crippen LogP contribution in [0.2, 0.25) is 0 Å². The molecule has 0 fully saturated rings. The third-order valence-corrected chi connectivity index (χ3v) is 3.35. The van der Waals surface area contributed by atoms with Gasteiger partial charge >= 0.3 is 0 Å². The molecular weight excluding hydrogens is 180 g/mol. The maximum absolute atomic E-state index is 11.2. The summed E-state index contributed by atoms with van der Waals surface area (Å²) < 4.78 is 0. The molecule has 1 aliphatic rings. The summed E-state index contributed by atoms with van der Waals surface area (Å²) in [6, 6.07) is 0. The van der Waals surface area contributed by atoms with Crippen molar-refractivity contribution in [2.24, 2.45) is 0 Å². The van der Waals surface area contributed by atoms with Gasteiger partial charge in [-0.3, -0.25) is 4.79 Å². The first-order valence-corrected chi connectivity index (χ1v) is 5.10. The number of nitrogens with zero attached hydrogens (tertiary/aromatic N) is 1. The molecule has 1 aliphatic heterocycles. The Morgan fingerprint density at radius 2 is 2.27 bits per heavy atom. The predicted octanol–water partition coefficient (Wildman–Crippen LogP) is 1.15. The van der Waals surface area contributed by atoms with Crippen molar-refractivity contribution in [3.8, 4) is 0 Å². The third kappa shape index (κ3) is 1.14. The molecule has 1 aromatic heterocycles. The van der Waals surface area contributed by atoms with Gasteiger partial charge in [-0.25, -0.2) is 4.98 Å². The number of hydrogen-bond acceptors (Lipinski definition) is 5. The van der Waals surface area contributed by atoms with Gasteiger partial charge in [0.25, 0.3) is 0 Å². The summed E-state index contributed by atoms with van der Waals surface area (Å²) in [7, 11) is 0. The quantitative estimate of drug-likeness (QED) is 0.660. The summed E-state index contributed by atoms with van der Waals surface area (Å²) in [4.78, 5) is 16.0. The number of thiazole rings is 1. The topological polar surface area (TPSA) is 56.0 Å². The molecule has 0 radical (unpaired) electrons. The molecule has 11 heavy (non-hydrogen) atoms. The number of hydrogen-bond donors (Lipinski definition) is 1. The number of fused-ring (bicyclic) bond motifs is 1. The number of thioether (sulfide) groups is 1. The Hall–Kier alpha value is -0.550. The maximum atomic E-state index is 11.2. The lowest BCUT2D eigenvalue weighted by Crippen LogP contribution is -2.08. The Labute approximate surface area is 72.0 Å². The minimum Gasteiger partial charge on any atom is -0.375 e. The summed E-state index contributed by atoms with van der Waals surface area (Å²) in [6.45, 7) is 0. The number of ketones is 1. The van der Waals surface area contributed by atoms with Crippen molar-refractivity contribution in [2.75, 3.05) is 11.5 Å². The fourth-order valence-corrected chi connectivity index (χ4v) is 2.80. The van der Waals surface area contributed by atoms with Crippen molar-refractivity contribution < 1.29 is 4.79 Å². The van der Waals surface area contributed by atoms with E-state index in [1.54, 1.807) is 11.8 Å². The van der Waals surface area contributed by atoms with E-state index in [2.05, 4.69) is 4.98 Å². The van der Waals surface area contributed by atoms with E-state index in [0.29, 0.717) is 10.9 Å². The lowest BCUT2D eigenvalue weighted by molar-refractivity contribution is 0.102. The Morgan fingerprint density at radius 1 is 1.45 bits per heavy atom. The number of rotatable bonds is 0. The zero-order chi connectivity index (χ0) is 7.84. The second kappa shape index (κ2) is 2.49. The largest absolute Gasteiger partial charge is 0.375 e. The summed E-state index contributed by atoms with van der Waals surface area (Å²) in [6.07, 6.45) is 0. The fourth-order valence-electron chi connectivity index (χ4n) is 0.992. The van der Waals surface area contributed by atoms with Crippen molar-refractivity contribution in [2.45, 2.75) is 5.75 Å². The van der Waals surface area contributed by atoms with Gasteiger partial charge in [-0.05, 0) is 0 Å². The van der Waals surface area contributed by atoms with Crippen LogP contribution in [0.4, 0.5) is 5.13 Å². The van der Waals surface area contributed by atoms with Gasteiger partial charge in [0.15, 0.2) is 10.9 Å². The average molecular weight is 186 g/mol. The van der Waals surface area contributed by atoms with Gasteiger partial charge in [0.05, 0.1) is 16.3 Å². The highest BCUT2D eigenvalue weighted by Gasteiger charge is 2.21. The Kier molecular flexibility index (Phi) is 1.61. The highest BCUT2D eigenvalue weighted by molar-refractivity contribution is 7.99. The number of aromatic nitrogens is 1. The van der Waals surface area contributed by atoms with Crippen molar-refractivity contribution in [3.05, 3.63) is 10.6 Å². The van der Waals surface area contributed by atoms with Crippen LogP contribution in [0, 0.1) is 0 Å². The van der Waals surface area contributed by atoms with Gasteiger partial charge in [-0.1, -0.05) is 11.3 Å². The number of Topliss-reactive ketones (excluding diaryl/α,β-unsaturated/α-hetero) is 1. The van der Waals surface area contributed by atoms with Crippen LogP contribution in [0.15, 0.2) is 0 Å². The second-order valence-corrected chi connectivity index (χ2v) is 4.26. The van der Waals surface area contributed by atoms with Crippen molar-refractivity contribution in [1.82, 2.24) is 4.98 Å². The molecule has 0 saturated heterocycles. The molecule has 1 aromatic rings. The van der Waals surface area contributed by atoms with E-state index in [9.17, 15) is 4.79 Å². The molecule has 58 valence electrons. The number of carbonyl (C=O) groups excluding carboxylic acids is 1. The molecule has 5 heteroatoms. The van der Waals surface area contributed by atoms with Crippen LogP contribution < -0.4 is 5.73 Å². The first kappa shape index (κ1) is 7.12. The predicted molar refractivity (Wildman–Crippen MR) is 47.0 cm³/mol. The average Bonchev–Trinajstić information content (AvgIpc) is 2.31. The van der Waals surface area contributed by atoms with Gasteiger partial charge in [-0.15, -0.1) is 11.8 Å². The zero-order valence-corrected chi connectivity index (χ0v) is 7.30. The molecule has 0 aromatic carbocycles. The summed E-state index contributed by atoms with van der Waals surface area (Å²) in [5.41, 5.74) is 6.34. The molecule has 2 N–H and O–H groups in total.